The molecule has 0 unspecified atom stereocenters. The summed E-state index contributed by atoms with van der Waals surface area (Å²) < 4.78 is 21.4. The number of hydrogen-bond acceptors (Lipinski definition) is 7. The molecule has 3 N–H and O–H groups in total. The van der Waals surface area contributed by atoms with Gasteiger partial charge in [-0.1, -0.05) is 36.8 Å². The summed E-state index contributed by atoms with van der Waals surface area (Å²) in [7, 11) is 0. The molecule has 3 amide bonds. The van der Waals surface area contributed by atoms with E-state index in [-0.39, 0.29) is 24.9 Å². The molecule has 0 radical (unpaired) electrons. The summed E-state index contributed by atoms with van der Waals surface area (Å²) in [6.07, 6.45) is 2.85. The van der Waals surface area contributed by atoms with E-state index in [1.54, 1.807) is 0 Å². The van der Waals surface area contributed by atoms with Crippen molar-refractivity contribution in [2.24, 2.45) is 0 Å². The second-order valence-corrected chi connectivity index (χ2v) is 8.19. The van der Waals surface area contributed by atoms with Gasteiger partial charge in [0.05, 0.1) is 59.3 Å². The van der Waals surface area contributed by atoms with Crippen LogP contribution < -0.4 is 16.0 Å². The Morgan fingerprint density at radius 1 is 0.667 bits per heavy atom. The molecule has 0 spiro atoms. The molecule has 0 bridgehead atoms. The molecule has 0 aliphatic rings. The molecule has 0 saturated carbocycles. The number of aryl methyl sites for hydroxylation is 2. The van der Waals surface area contributed by atoms with E-state index in [9.17, 15) is 14.4 Å². The SMILES string of the molecule is CCCOCCOCCOCCOCCNC(=O)CNC(=O)CNC(=O)CCCc1ccc(C)cc1. The van der Waals surface area contributed by atoms with Gasteiger partial charge in [0.15, 0.2) is 0 Å². The van der Waals surface area contributed by atoms with E-state index in [2.05, 4.69) is 35.0 Å². The molecule has 204 valence electrons. The van der Waals surface area contributed by atoms with Crippen molar-refractivity contribution in [1.82, 2.24) is 16.0 Å². The minimum atomic E-state index is -0.414. The van der Waals surface area contributed by atoms with Crippen LogP contribution in [0.5, 0.6) is 0 Å². The lowest BCUT2D eigenvalue weighted by atomic mass is 10.1. The summed E-state index contributed by atoms with van der Waals surface area (Å²) in [4.78, 5) is 35.5. The van der Waals surface area contributed by atoms with Crippen LogP contribution in [-0.2, 0) is 39.8 Å². The minimum Gasteiger partial charge on any atom is -0.379 e. The topological polar surface area (TPSA) is 124 Å². The van der Waals surface area contributed by atoms with Gasteiger partial charge in [0.25, 0.3) is 0 Å². The third-order valence-corrected chi connectivity index (χ3v) is 4.92. The molecule has 0 heterocycles. The lowest BCUT2D eigenvalue weighted by molar-refractivity contribution is -0.127. The molecule has 10 heteroatoms. The molecule has 0 fully saturated rings. The van der Waals surface area contributed by atoms with Crippen LogP contribution in [0.3, 0.4) is 0 Å². The van der Waals surface area contributed by atoms with Gasteiger partial charge in [0.1, 0.15) is 0 Å². The van der Waals surface area contributed by atoms with E-state index < -0.39 is 5.91 Å². The molecule has 1 aromatic rings. The highest BCUT2D eigenvalue weighted by molar-refractivity contribution is 5.88. The van der Waals surface area contributed by atoms with Crippen LogP contribution in [0.1, 0.15) is 37.3 Å². The van der Waals surface area contributed by atoms with Crippen molar-refractivity contribution in [3.63, 3.8) is 0 Å². The quantitative estimate of drug-likeness (QED) is 0.200. The number of hydrogen-bond donors (Lipinski definition) is 3. The Kier molecular flexibility index (Phi) is 19.0. The third-order valence-electron chi connectivity index (χ3n) is 4.92. The Bertz CT molecular complexity index is 729. The lowest BCUT2D eigenvalue weighted by Crippen LogP contribution is -2.42. The van der Waals surface area contributed by atoms with Crippen LogP contribution in [-0.4, -0.2) is 90.2 Å². The van der Waals surface area contributed by atoms with Crippen molar-refractivity contribution < 1.29 is 33.3 Å². The largest absolute Gasteiger partial charge is 0.379 e. The first kappa shape index (κ1) is 31.5. The number of amides is 3. The van der Waals surface area contributed by atoms with Crippen molar-refractivity contribution in [2.45, 2.75) is 39.5 Å². The molecule has 10 nitrogen and oxygen atoms in total. The molecule has 0 aliphatic carbocycles. The summed E-state index contributed by atoms with van der Waals surface area (Å²) in [5.74, 6) is -0.928. The Hall–Kier alpha value is -2.53. The summed E-state index contributed by atoms with van der Waals surface area (Å²) in [5.41, 5.74) is 2.38. The average molecular weight is 510 g/mol. The highest BCUT2D eigenvalue weighted by Crippen LogP contribution is 2.07. The van der Waals surface area contributed by atoms with E-state index >= 15 is 0 Å². The number of carbonyl (C=O) groups excluding carboxylic acids is 3. The maximum atomic E-state index is 11.9. The molecule has 0 aromatic heterocycles. The molecule has 1 aromatic carbocycles. The number of rotatable bonds is 22. The summed E-state index contributed by atoms with van der Waals surface area (Å²) in [5, 5.41) is 7.70. The van der Waals surface area contributed by atoms with Gasteiger partial charge in [-0.05, 0) is 31.7 Å². The van der Waals surface area contributed by atoms with Crippen LogP contribution in [0.4, 0.5) is 0 Å². The van der Waals surface area contributed by atoms with Gasteiger partial charge in [0, 0.05) is 19.6 Å². The Balaban J connectivity index is 1.88. The van der Waals surface area contributed by atoms with Crippen LogP contribution in [0.2, 0.25) is 0 Å². The van der Waals surface area contributed by atoms with E-state index in [1.165, 1.54) is 11.1 Å². The zero-order chi connectivity index (χ0) is 26.3. The number of carbonyl (C=O) groups is 3. The standard InChI is InChI=1S/C26H43N3O7/c1-3-12-33-14-16-35-18-19-36-17-15-34-13-11-27-25(31)20-29-26(32)21-28-24(30)6-4-5-23-9-7-22(2)8-10-23/h7-10H,3-6,11-21H2,1-2H3,(H,27,31)(H,28,30)(H,29,32). The van der Waals surface area contributed by atoms with E-state index in [0.717, 1.165) is 19.4 Å². The molecule has 0 saturated heterocycles. The van der Waals surface area contributed by atoms with E-state index in [0.29, 0.717) is 65.6 Å². The van der Waals surface area contributed by atoms with Crippen LogP contribution in [0.25, 0.3) is 0 Å². The predicted molar refractivity (Wildman–Crippen MR) is 137 cm³/mol. The van der Waals surface area contributed by atoms with Gasteiger partial charge >= 0.3 is 0 Å². The minimum absolute atomic E-state index is 0.155. The second kappa shape index (κ2) is 21.7. The average Bonchev–Trinajstić information content (AvgIpc) is 2.87. The third kappa shape index (κ3) is 18.8. The summed E-state index contributed by atoms with van der Waals surface area (Å²) in [6, 6.07) is 8.20. The summed E-state index contributed by atoms with van der Waals surface area (Å²) >= 11 is 0. The highest BCUT2D eigenvalue weighted by Gasteiger charge is 2.08. The van der Waals surface area contributed by atoms with Crippen LogP contribution in [0.15, 0.2) is 24.3 Å². The second-order valence-electron chi connectivity index (χ2n) is 8.19. The van der Waals surface area contributed by atoms with Crippen molar-refractivity contribution in [3.05, 3.63) is 35.4 Å². The molecule has 0 aliphatic heterocycles. The fourth-order valence-corrected chi connectivity index (χ4v) is 2.95. The smallest absolute Gasteiger partial charge is 0.239 e. The van der Waals surface area contributed by atoms with Gasteiger partial charge in [-0.2, -0.15) is 0 Å². The van der Waals surface area contributed by atoms with Gasteiger partial charge in [-0.25, -0.2) is 0 Å². The monoisotopic (exact) mass is 509 g/mol. The van der Waals surface area contributed by atoms with Crippen LogP contribution >= 0.6 is 0 Å². The molecular weight excluding hydrogens is 466 g/mol. The maximum Gasteiger partial charge on any atom is 0.239 e. The number of benzene rings is 1. The zero-order valence-electron chi connectivity index (χ0n) is 21.8. The fourth-order valence-electron chi connectivity index (χ4n) is 2.95. The van der Waals surface area contributed by atoms with Crippen molar-refractivity contribution in [1.29, 1.82) is 0 Å². The van der Waals surface area contributed by atoms with E-state index in [1.807, 2.05) is 19.1 Å². The zero-order valence-corrected chi connectivity index (χ0v) is 21.8. The normalized spacial score (nSPS) is 10.7. The Morgan fingerprint density at radius 3 is 1.75 bits per heavy atom. The van der Waals surface area contributed by atoms with Crippen molar-refractivity contribution in [2.75, 3.05) is 72.5 Å². The van der Waals surface area contributed by atoms with Gasteiger partial charge in [0.2, 0.25) is 17.7 Å². The summed E-state index contributed by atoms with van der Waals surface area (Å²) in [6.45, 7) is 8.21. The number of nitrogens with one attached hydrogen (secondary N) is 3. The first-order valence-electron chi connectivity index (χ1n) is 12.7. The predicted octanol–water partition coefficient (Wildman–Crippen LogP) is 1.14. The number of ether oxygens (including phenoxy) is 4. The van der Waals surface area contributed by atoms with Gasteiger partial charge in [-0.15, -0.1) is 0 Å². The Morgan fingerprint density at radius 2 is 1.17 bits per heavy atom. The molecule has 36 heavy (non-hydrogen) atoms. The lowest BCUT2D eigenvalue weighted by Gasteiger charge is -2.09. The molecular formula is C26H43N3O7. The van der Waals surface area contributed by atoms with Crippen LogP contribution in [0, 0.1) is 6.92 Å². The molecule has 0 atom stereocenters. The van der Waals surface area contributed by atoms with Crippen molar-refractivity contribution in [3.8, 4) is 0 Å². The molecule has 1 rings (SSSR count). The fraction of sp³-hybridized carbons (Fsp3) is 0.654. The first-order valence-corrected chi connectivity index (χ1v) is 12.7. The highest BCUT2D eigenvalue weighted by atomic mass is 16.6. The first-order chi connectivity index (χ1) is 17.5. The van der Waals surface area contributed by atoms with Crippen molar-refractivity contribution >= 4 is 17.7 Å². The van der Waals surface area contributed by atoms with Gasteiger partial charge in [-0.3, -0.25) is 14.4 Å². The van der Waals surface area contributed by atoms with Gasteiger partial charge < -0.3 is 34.9 Å². The Labute approximate surface area is 214 Å². The maximum absolute atomic E-state index is 11.9. The van der Waals surface area contributed by atoms with E-state index in [4.69, 9.17) is 18.9 Å².